The van der Waals surface area contributed by atoms with Crippen LogP contribution in [0.4, 0.5) is 5.69 Å². The number of hydrogen-bond donors (Lipinski definition) is 2. The number of pyridine rings is 1. The number of hydrogen-bond acceptors (Lipinski definition) is 3. The number of nitrogens with zero attached hydrogens (tertiary/aromatic N) is 1. The third-order valence-electron chi connectivity index (χ3n) is 5.07. The summed E-state index contributed by atoms with van der Waals surface area (Å²) >= 11 is 0. The fraction of sp³-hybridized carbons (Fsp3) is 0.409. The number of carbonyl (C=O) groups is 2. The zero-order valence-corrected chi connectivity index (χ0v) is 16.2. The zero-order valence-electron chi connectivity index (χ0n) is 16.2. The molecule has 2 N–H and O–H groups in total. The van der Waals surface area contributed by atoms with E-state index < -0.39 is 0 Å². The Morgan fingerprint density at radius 1 is 1.00 bits per heavy atom. The molecule has 0 aliphatic heterocycles. The quantitative estimate of drug-likeness (QED) is 0.823. The summed E-state index contributed by atoms with van der Waals surface area (Å²) in [6, 6.07) is 11.2. The summed E-state index contributed by atoms with van der Waals surface area (Å²) in [4.78, 5) is 29.5. The molecule has 0 saturated heterocycles. The van der Waals surface area contributed by atoms with Gasteiger partial charge >= 0.3 is 0 Å². The number of para-hydroxylation sites is 1. The van der Waals surface area contributed by atoms with Crippen molar-refractivity contribution < 1.29 is 9.59 Å². The van der Waals surface area contributed by atoms with Gasteiger partial charge in [-0.3, -0.25) is 9.59 Å². The van der Waals surface area contributed by atoms with Gasteiger partial charge in [0.05, 0.1) is 0 Å². The van der Waals surface area contributed by atoms with Gasteiger partial charge in [0, 0.05) is 11.7 Å². The van der Waals surface area contributed by atoms with Gasteiger partial charge in [-0.1, -0.05) is 51.0 Å². The molecule has 1 aromatic heterocycles. The van der Waals surface area contributed by atoms with E-state index >= 15 is 0 Å². The van der Waals surface area contributed by atoms with E-state index in [1.165, 1.54) is 0 Å². The summed E-state index contributed by atoms with van der Waals surface area (Å²) in [5.41, 5.74) is 3.43. The molecule has 0 radical (unpaired) electrons. The van der Waals surface area contributed by atoms with Gasteiger partial charge in [0.25, 0.3) is 11.8 Å². The SMILES string of the molecule is Cc1cccc(C(C)C)c1NC(=O)c1cccc(C(=O)NC2CCCC2)n1. The Morgan fingerprint density at radius 2 is 1.63 bits per heavy atom. The van der Waals surface area contributed by atoms with Gasteiger partial charge in [-0.25, -0.2) is 4.98 Å². The average molecular weight is 365 g/mol. The van der Waals surface area contributed by atoms with Gasteiger partial charge in [0.2, 0.25) is 0 Å². The van der Waals surface area contributed by atoms with Crippen molar-refractivity contribution in [3.63, 3.8) is 0 Å². The van der Waals surface area contributed by atoms with Crippen LogP contribution in [0.15, 0.2) is 36.4 Å². The molecule has 5 heteroatoms. The highest BCUT2D eigenvalue weighted by Crippen LogP contribution is 2.27. The molecule has 0 spiro atoms. The first-order valence-corrected chi connectivity index (χ1v) is 9.64. The fourth-order valence-corrected chi connectivity index (χ4v) is 3.54. The molecule has 2 amide bonds. The van der Waals surface area contributed by atoms with Crippen molar-refractivity contribution in [3.8, 4) is 0 Å². The number of benzene rings is 1. The first-order chi connectivity index (χ1) is 13.0. The third-order valence-corrected chi connectivity index (χ3v) is 5.07. The second-order valence-electron chi connectivity index (χ2n) is 7.51. The molecule has 1 saturated carbocycles. The highest BCUT2D eigenvalue weighted by molar-refractivity contribution is 6.04. The summed E-state index contributed by atoms with van der Waals surface area (Å²) in [6.45, 7) is 6.16. The lowest BCUT2D eigenvalue weighted by Gasteiger charge is -2.16. The van der Waals surface area contributed by atoms with Crippen molar-refractivity contribution in [3.05, 3.63) is 58.9 Å². The van der Waals surface area contributed by atoms with Crippen LogP contribution in [0.2, 0.25) is 0 Å². The standard InChI is InChI=1S/C22H27N3O2/c1-14(2)17-11-6-8-15(3)20(17)25-22(27)19-13-7-12-18(24-19)21(26)23-16-9-4-5-10-16/h6-8,11-14,16H,4-5,9-10H2,1-3H3,(H,23,26)(H,25,27). The normalized spacial score (nSPS) is 14.4. The molecule has 0 unspecified atom stereocenters. The van der Waals surface area contributed by atoms with E-state index in [0.29, 0.717) is 0 Å². The van der Waals surface area contributed by atoms with E-state index in [-0.39, 0.29) is 35.2 Å². The van der Waals surface area contributed by atoms with E-state index in [4.69, 9.17) is 0 Å². The third kappa shape index (κ3) is 4.54. The number of aromatic nitrogens is 1. The van der Waals surface area contributed by atoms with E-state index in [2.05, 4.69) is 29.5 Å². The van der Waals surface area contributed by atoms with Gasteiger partial charge in [0.15, 0.2) is 0 Å². The van der Waals surface area contributed by atoms with Crippen molar-refractivity contribution in [2.24, 2.45) is 0 Å². The Morgan fingerprint density at radius 3 is 2.30 bits per heavy atom. The van der Waals surface area contributed by atoms with E-state index in [9.17, 15) is 9.59 Å². The Labute approximate surface area is 160 Å². The molecule has 1 aromatic carbocycles. The molecule has 1 fully saturated rings. The summed E-state index contributed by atoms with van der Waals surface area (Å²) in [7, 11) is 0. The minimum atomic E-state index is -0.304. The van der Waals surface area contributed by atoms with Gasteiger partial charge in [0.1, 0.15) is 11.4 Å². The molecule has 0 bridgehead atoms. The second kappa shape index (κ2) is 8.33. The molecule has 27 heavy (non-hydrogen) atoms. The van der Waals surface area contributed by atoms with E-state index in [0.717, 1.165) is 42.5 Å². The summed E-state index contributed by atoms with van der Waals surface area (Å²) in [5, 5.41) is 5.99. The Bertz CT molecular complexity index is 839. The summed E-state index contributed by atoms with van der Waals surface area (Å²) in [5.74, 6) is -0.228. The van der Waals surface area contributed by atoms with Crippen LogP contribution in [-0.4, -0.2) is 22.8 Å². The monoisotopic (exact) mass is 365 g/mol. The van der Waals surface area contributed by atoms with Gasteiger partial charge in [-0.2, -0.15) is 0 Å². The number of nitrogens with one attached hydrogen (secondary N) is 2. The van der Waals surface area contributed by atoms with Gasteiger partial charge in [-0.05, 0) is 48.9 Å². The first kappa shape index (κ1) is 19.1. The number of anilines is 1. The van der Waals surface area contributed by atoms with Crippen LogP contribution in [-0.2, 0) is 0 Å². The first-order valence-electron chi connectivity index (χ1n) is 9.64. The Balaban J connectivity index is 1.77. The van der Waals surface area contributed by atoms with Crippen molar-refractivity contribution in [2.45, 2.75) is 58.4 Å². The topological polar surface area (TPSA) is 71.1 Å². The van der Waals surface area contributed by atoms with Gasteiger partial charge in [-0.15, -0.1) is 0 Å². The Hall–Kier alpha value is -2.69. The number of aryl methyl sites for hydroxylation is 1. The van der Waals surface area contributed by atoms with Crippen LogP contribution in [0.3, 0.4) is 0 Å². The predicted octanol–water partition coefficient (Wildman–Crippen LogP) is 4.44. The molecule has 2 aromatic rings. The highest BCUT2D eigenvalue weighted by atomic mass is 16.2. The van der Waals surface area contributed by atoms with Crippen LogP contribution in [0.1, 0.15) is 77.6 Å². The van der Waals surface area contributed by atoms with Crippen molar-refractivity contribution >= 4 is 17.5 Å². The molecular formula is C22H27N3O2. The van der Waals surface area contributed by atoms with Crippen molar-refractivity contribution in [2.75, 3.05) is 5.32 Å². The average Bonchev–Trinajstić information content (AvgIpc) is 3.16. The van der Waals surface area contributed by atoms with E-state index in [1.807, 2.05) is 25.1 Å². The zero-order chi connectivity index (χ0) is 19.4. The molecule has 0 atom stereocenters. The van der Waals surface area contributed by atoms with Crippen LogP contribution >= 0.6 is 0 Å². The van der Waals surface area contributed by atoms with Crippen molar-refractivity contribution in [1.29, 1.82) is 0 Å². The fourth-order valence-electron chi connectivity index (χ4n) is 3.54. The lowest BCUT2D eigenvalue weighted by atomic mass is 9.98. The maximum atomic E-state index is 12.8. The predicted molar refractivity (Wildman–Crippen MR) is 107 cm³/mol. The summed E-state index contributed by atoms with van der Waals surface area (Å²) in [6.07, 6.45) is 4.32. The van der Waals surface area contributed by atoms with Crippen LogP contribution in [0.25, 0.3) is 0 Å². The molecule has 5 nitrogen and oxygen atoms in total. The lowest BCUT2D eigenvalue weighted by Crippen LogP contribution is -2.33. The number of carbonyl (C=O) groups excluding carboxylic acids is 2. The van der Waals surface area contributed by atoms with Crippen LogP contribution in [0, 0.1) is 6.92 Å². The number of rotatable bonds is 5. The molecule has 1 aliphatic carbocycles. The minimum Gasteiger partial charge on any atom is -0.348 e. The van der Waals surface area contributed by atoms with Crippen molar-refractivity contribution in [1.82, 2.24) is 10.3 Å². The molecule has 1 aliphatic rings. The molecule has 1 heterocycles. The summed E-state index contributed by atoms with van der Waals surface area (Å²) < 4.78 is 0. The Kier molecular flexibility index (Phi) is 5.89. The number of amides is 2. The minimum absolute atomic E-state index is 0.213. The van der Waals surface area contributed by atoms with Crippen LogP contribution < -0.4 is 10.6 Å². The molecule has 3 rings (SSSR count). The second-order valence-corrected chi connectivity index (χ2v) is 7.51. The maximum Gasteiger partial charge on any atom is 0.274 e. The van der Waals surface area contributed by atoms with E-state index in [1.54, 1.807) is 18.2 Å². The van der Waals surface area contributed by atoms with Gasteiger partial charge < -0.3 is 10.6 Å². The smallest absolute Gasteiger partial charge is 0.274 e. The molecular weight excluding hydrogens is 338 g/mol. The van der Waals surface area contributed by atoms with Crippen LogP contribution in [0.5, 0.6) is 0 Å². The lowest BCUT2D eigenvalue weighted by molar-refractivity contribution is 0.0932. The molecule has 142 valence electrons. The maximum absolute atomic E-state index is 12.8. The highest BCUT2D eigenvalue weighted by Gasteiger charge is 2.20. The largest absolute Gasteiger partial charge is 0.348 e.